The molecule has 0 aromatic heterocycles. The molecule has 4 amide bonds. The molecule has 0 bridgehead atoms. The number of nitrogens with one attached hydrogen (secondary N) is 2. The summed E-state index contributed by atoms with van der Waals surface area (Å²) in [7, 11) is 0. The summed E-state index contributed by atoms with van der Waals surface area (Å²) in [5, 5.41) is 6.12. The van der Waals surface area contributed by atoms with Crippen LogP contribution in [0.15, 0.2) is 170 Å². The Balaban J connectivity index is 1.13. The monoisotopic (exact) mass is 888 g/mol. The van der Waals surface area contributed by atoms with Crippen molar-refractivity contribution in [2.45, 2.75) is 65.1 Å². The number of urea groups is 2. The molecule has 0 saturated heterocycles. The molecule has 4 atom stereocenters. The van der Waals surface area contributed by atoms with Gasteiger partial charge in [-0.2, -0.15) is 0 Å². The van der Waals surface area contributed by atoms with Gasteiger partial charge in [-0.25, -0.2) is 9.59 Å². The lowest BCUT2D eigenvalue weighted by Gasteiger charge is -2.49. The van der Waals surface area contributed by atoms with E-state index in [2.05, 4.69) is 10.6 Å². The Morgan fingerprint density at radius 1 is 0.424 bits per heavy atom. The van der Waals surface area contributed by atoms with Gasteiger partial charge in [0, 0.05) is 26.2 Å². The van der Waals surface area contributed by atoms with Gasteiger partial charge >= 0.3 is 24.0 Å². The van der Waals surface area contributed by atoms with Crippen LogP contribution in [0.25, 0.3) is 0 Å². The summed E-state index contributed by atoms with van der Waals surface area (Å²) in [5.74, 6) is -1.04. The smallest absolute Gasteiger partial charge is 0.318 e. The number of para-hydroxylation sites is 2. The lowest BCUT2D eigenvalue weighted by Crippen LogP contribution is -2.74. The Morgan fingerprint density at radius 2 is 0.742 bits per heavy atom. The second-order valence-corrected chi connectivity index (χ2v) is 16.1. The van der Waals surface area contributed by atoms with Crippen LogP contribution < -0.4 is 20.1 Å². The van der Waals surface area contributed by atoms with Crippen LogP contribution >= 0.6 is 0 Å². The largest absolute Gasteiger partial charge is 0.461 e. The SMILES string of the molecule is CCCN(Cc1ccc(Oc2ccccc2)cc1)C(=O)NC1C(NC(=O)N(CCC)Cc2ccc(Oc3ccccc3)cc2)C(C(=O)OCc2ccccc2)C1C(=O)OCc1ccccc1. The van der Waals surface area contributed by atoms with Crippen LogP contribution in [0.3, 0.4) is 0 Å². The molecule has 0 heterocycles. The Labute approximate surface area is 386 Å². The minimum atomic E-state index is -1.18. The molecule has 7 rings (SSSR count). The number of ether oxygens (including phenoxy) is 4. The van der Waals surface area contributed by atoms with Crippen LogP contribution in [-0.4, -0.2) is 59.0 Å². The van der Waals surface area contributed by atoms with E-state index in [1.807, 2.05) is 184 Å². The number of nitrogens with zero attached hydrogens (tertiary/aromatic N) is 2. The van der Waals surface area contributed by atoms with Crippen molar-refractivity contribution in [1.82, 2.24) is 20.4 Å². The summed E-state index contributed by atoms with van der Waals surface area (Å²) >= 11 is 0. The Kier molecular flexibility index (Phi) is 16.4. The minimum absolute atomic E-state index is 0.0505. The molecule has 12 heteroatoms. The normalized spacial score (nSPS) is 16.2. The number of benzene rings is 6. The van der Waals surface area contributed by atoms with Gasteiger partial charge in [-0.3, -0.25) is 9.59 Å². The number of amides is 4. The zero-order chi connectivity index (χ0) is 46.1. The Morgan fingerprint density at radius 3 is 1.08 bits per heavy atom. The van der Waals surface area contributed by atoms with Gasteiger partial charge in [0.05, 0.1) is 23.9 Å². The van der Waals surface area contributed by atoms with E-state index in [4.69, 9.17) is 18.9 Å². The molecule has 0 aliphatic heterocycles. The fraction of sp³-hybridized carbons (Fsp3) is 0.259. The van der Waals surface area contributed by atoms with E-state index in [9.17, 15) is 19.2 Å². The van der Waals surface area contributed by atoms with E-state index in [0.29, 0.717) is 48.9 Å². The lowest BCUT2D eigenvalue weighted by molar-refractivity contribution is -0.174. The summed E-state index contributed by atoms with van der Waals surface area (Å²) in [6.07, 6.45) is 1.30. The molecule has 1 aliphatic carbocycles. The predicted octanol–water partition coefficient (Wildman–Crippen LogP) is 10.3. The first-order chi connectivity index (χ1) is 32.3. The van der Waals surface area contributed by atoms with Crippen LogP contribution in [-0.2, 0) is 45.4 Å². The molecule has 0 radical (unpaired) electrons. The Bertz CT molecular complexity index is 2280. The second kappa shape index (κ2) is 23.4. The van der Waals surface area contributed by atoms with Crippen molar-refractivity contribution in [3.05, 3.63) is 192 Å². The summed E-state index contributed by atoms with van der Waals surface area (Å²) < 4.78 is 23.7. The van der Waals surface area contributed by atoms with Crippen LogP contribution in [0.5, 0.6) is 23.0 Å². The molecule has 340 valence electrons. The van der Waals surface area contributed by atoms with Crippen molar-refractivity contribution in [1.29, 1.82) is 0 Å². The van der Waals surface area contributed by atoms with Gasteiger partial charge in [0.1, 0.15) is 36.2 Å². The lowest BCUT2D eigenvalue weighted by atomic mass is 9.64. The summed E-state index contributed by atoms with van der Waals surface area (Å²) in [6.45, 7) is 5.12. The van der Waals surface area contributed by atoms with E-state index >= 15 is 0 Å². The molecular weight excluding hydrogens is 833 g/mol. The number of esters is 2. The van der Waals surface area contributed by atoms with E-state index in [-0.39, 0.29) is 26.3 Å². The van der Waals surface area contributed by atoms with Crippen molar-refractivity contribution in [2.24, 2.45) is 11.8 Å². The maximum absolute atomic E-state index is 14.4. The summed E-state index contributed by atoms with van der Waals surface area (Å²) in [6, 6.07) is 49.3. The minimum Gasteiger partial charge on any atom is -0.461 e. The van der Waals surface area contributed by atoms with Gasteiger partial charge in [-0.1, -0.05) is 135 Å². The standard InChI is InChI=1S/C54H56N4O8/c1-3-33-57(35-39-25-29-45(30-26-39)65-43-21-13-7-14-22-43)53(61)55-49-47(51(59)63-37-41-17-9-5-10-18-41)48(52(60)64-38-42-19-11-6-12-20-42)50(49)56-54(62)58(34-4-2)36-40-27-31-46(32-28-40)66-44-23-15-8-16-24-44/h5-32,47-50H,3-4,33-38H2,1-2H3,(H,55,61)(H,56,62). The fourth-order valence-corrected chi connectivity index (χ4v) is 7.87. The number of hydrogen-bond acceptors (Lipinski definition) is 8. The highest BCUT2D eigenvalue weighted by Gasteiger charge is 2.60. The number of carbonyl (C=O) groups excluding carboxylic acids is 4. The van der Waals surface area contributed by atoms with Gasteiger partial charge in [0.2, 0.25) is 0 Å². The van der Waals surface area contributed by atoms with Crippen LogP contribution in [0, 0.1) is 11.8 Å². The van der Waals surface area contributed by atoms with Gasteiger partial charge in [-0.05, 0) is 83.6 Å². The molecule has 66 heavy (non-hydrogen) atoms. The first-order valence-electron chi connectivity index (χ1n) is 22.4. The Hall–Kier alpha value is -7.60. The van der Waals surface area contributed by atoms with E-state index in [0.717, 1.165) is 22.3 Å². The second-order valence-electron chi connectivity index (χ2n) is 16.1. The molecule has 1 saturated carbocycles. The van der Waals surface area contributed by atoms with E-state index in [1.54, 1.807) is 9.80 Å². The van der Waals surface area contributed by atoms with Gasteiger partial charge in [-0.15, -0.1) is 0 Å². The molecule has 4 unspecified atom stereocenters. The van der Waals surface area contributed by atoms with Crippen molar-refractivity contribution >= 4 is 24.0 Å². The predicted molar refractivity (Wildman–Crippen MR) is 251 cm³/mol. The molecule has 1 fully saturated rings. The highest BCUT2D eigenvalue weighted by atomic mass is 16.5. The van der Waals surface area contributed by atoms with Crippen molar-refractivity contribution in [3.8, 4) is 23.0 Å². The third-order valence-electron chi connectivity index (χ3n) is 11.2. The van der Waals surface area contributed by atoms with Crippen LogP contribution in [0.4, 0.5) is 9.59 Å². The third kappa shape index (κ3) is 12.8. The van der Waals surface area contributed by atoms with Gasteiger partial charge < -0.3 is 39.4 Å². The summed E-state index contributed by atoms with van der Waals surface area (Å²) in [5.41, 5.74) is 3.22. The highest BCUT2D eigenvalue weighted by Crippen LogP contribution is 2.39. The van der Waals surface area contributed by atoms with Crippen LogP contribution in [0.2, 0.25) is 0 Å². The topological polar surface area (TPSA) is 136 Å². The molecule has 12 nitrogen and oxygen atoms in total. The highest BCUT2D eigenvalue weighted by molar-refractivity contribution is 5.89. The average molecular weight is 889 g/mol. The quantitative estimate of drug-likeness (QED) is 0.0724. The zero-order valence-electron chi connectivity index (χ0n) is 37.3. The molecule has 6 aromatic carbocycles. The average Bonchev–Trinajstić information content (AvgIpc) is 3.34. The van der Waals surface area contributed by atoms with E-state index in [1.165, 1.54) is 0 Å². The summed E-state index contributed by atoms with van der Waals surface area (Å²) in [4.78, 5) is 60.6. The number of hydrogen-bond donors (Lipinski definition) is 2. The van der Waals surface area contributed by atoms with Crippen molar-refractivity contribution < 1.29 is 38.1 Å². The molecule has 0 spiro atoms. The molecule has 1 aliphatic rings. The van der Waals surface area contributed by atoms with Crippen LogP contribution in [0.1, 0.15) is 48.9 Å². The molecular formula is C54H56N4O8. The maximum Gasteiger partial charge on any atom is 0.318 e. The van der Waals surface area contributed by atoms with E-state index < -0.39 is 47.9 Å². The number of carbonyl (C=O) groups is 4. The van der Waals surface area contributed by atoms with Gasteiger partial charge in [0.25, 0.3) is 0 Å². The first-order valence-corrected chi connectivity index (χ1v) is 22.4. The first kappa shape index (κ1) is 46.4. The third-order valence-corrected chi connectivity index (χ3v) is 11.2. The van der Waals surface area contributed by atoms with Crippen molar-refractivity contribution in [3.63, 3.8) is 0 Å². The number of rotatable bonds is 20. The fourth-order valence-electron chi connectivity index (χ4n) is 7.87. The zero-order valence-corrected chi connectivity index (χ0v) is 37.3. The van der Waals surface area contributed by atoms with Crippen molar-refractivity contribution in [2.75, 3.05) is 13.1 Å². The maximum atomic E-state index is 14.4. The molecule has 2 N–H and O–H groups in total. The van der Waals surface area contributed by atoms with Gasteiger partial charge in [0.15, 0.2) is 0 Å². The molecule has 6 aromatic rings.